The van der Waals surface area contributed by atoms with Crippen LogP contribution in [-0.2, 0) is 16.4 Å². The number of nitrogens with zero attached hydrogens (tertiary/aromatic N) is 2. The van der Waals surface area contributed by atoms with Gasteiger partial charge in [-0.3, -0.25) is 4.72 Å². The summed E-state index contributed by atoms with van der Waals surface area (Å²) in [7, 11) is -3.90. The summed E-state index contributed by atoms with van der Waals surface area (Å²) in [5.41, 5.74) is 1.75. The average molecular weight is 435 g/mol. The molecular weight excluding hydrogens is 418 g/mol. The van der Waals surface area contributed by atoms with Gasteiger partial charge in [-0.1, -0.05) is 36.4 Å². The van der Waals surface area contributed by atoms with Crippen molar-refractivity contribution in [2.45, 2.75) is 11.3 Å². The quantitative estimate of drug-likeness (QED) is 0.423. The van der Waals surface area contributed by atoms with Crippen LogP contribution in [0.5, 0.6) is 5.75 Å². The van der Waals surface area contributed by atoms with Gasteiger partial charge in [0.1, 0.15) is 11.3 Å². The van der Waals surface area contributed by atoms with Crippen molar-refractivity contribution >= 4 is 32.8 Å². The van der Waals surface area contributed by atoms with Gasteiger partial charge in [0, 0.05) is 6.42 Å². The Hall–Kier alpha value is -3.98. The van der Waals surface area contributed by atoms with E-state index in [0.29, 0.717) is 22.3 Å². The number of phenols is 1. The van der Waals surface area contributed by atoms with Gasteiger partial charge in [0.05, 0.1) is 21.6 Å². The van der Waals surface area contributed by atoms with Crippen LogP contribution < -0.4 is 4.72 Å². The molecule has 1 aromatic heterocycles. The maximum Gasteiger partial charge on any atom is 0.339 e. The van der Waals surface area contributed by atoms with Crippen LogP contribution in [0.15, 0.2) is 77.7 Å². The number of nitrogens with one attached hydrogen (secondary N) is 1. The smallest absolute Gasteiger partial charge is 0.339 e. The van der Waals surface area contributed by atoms with Gasteiger partial charge in [-0.15, -0.1) is 0 Å². The topological polar surface area (TPSA) is 129 Å². The molecule has 31 heavy (non-hydrogen) atoms. The fourth-order valence-electron chi connectivity index (χ4n) is 3.09. The molecule has 0 radical (unpaired) electrons. The second-order valence-electron chi connectivity index (χ2n) is 6.76. The molecule has 0 atom stereocenters. The van der Waals surface area contributed by atoms with Gasteiger partial charge in [-0.25, -0.2) is 23.2 Å². The van der Waals surface area contributed by atoms with Crippen LogP contribution in [0.25, 0.3) is 11.0 Å². The van der Waals surface area contributed by atoms with E-state index in [1.165, 1.54) is 30.3 Å². The van der Waals surface area contributed by atoms with Gasteiger partial charge in [0.2, 0.25) is 0 Å². The summed E-state index contributed by atoms with van der Waals surface area (Å²) in [5, 5.41) is 19.1. The molecule has 0 fully saturated rings. The lowest BCUT2D eigenvalue weighted by molar-refractivity contribution is 0.0693. The van der Waals surface area contributed by atoms with Crippen LogP contribution in [-0.4, -0.2) is 34.6 Å². The summed E-state index contributed by atoms with van der Waals surface area (Å²) in [6.07, 6.45) is 0.123. The van der Waals surface area contributed by atoms with Gasteiger partial charge in [0.15, 0.2) is 5.82 Å². The predicted octanol–water partition coefficient (Wildman–Crippen LogP) is 3.43. The Morgan fingerprint density at radius 2 is 1.55 bits per heavy atom. The monoisotopic (exact) mass is 435 g/mol. The Bertz CT molecular complexity index is 1390. The number of aromatic carboxylic acids is 1. The third-order valence-electron chi connectivity index (χ3n) is 4.59. The number of aromatic nitrogens is 2. The largest absolute Gasteiger partial charge is 0.507 e. The molecule has 0 saturated carbocycles. The Morgan fingerprint density at radius 1 is 0.903 bits per heavy atom. The molecule has 4 aromatic rings. The number of carbonyl (C=O) groups is 1. The van der Waals surface area contributed by atoms with Gasteiger partial charge in [-0.2, -0.15) is 0 Å². The minimum Gasteiger partial charge on any atom is -0.507 e. The minimum absolute atomic E-state index is 0.0596. The number of hydrogen-bond acceptors (Lipinski definition) is 6. The van der Waals surface area contributed by atoms with Crippen LogP contribution in [0.4, 0.5) is 5.82 Å². The van der Waals surface area contributed by atoms with E-state index in [-0.39, 0.29) is 28.4 Å². The van der Waals surface area contributed by atoms with Crippen LogP contribution in [0.1, 0.15) is 21.6 Å². The van der Waals surface area contributed by atoms with E-state index in [4.69, 9.17) is 5.11 Å². The van der Waals surface area contributed by atoms with Gasteiger partial charge < -0.3 is 10.2 Å². The highest BCUT2D eigenvalue weighted by molar-refractivity contribution is 7.92. The summed E-state index contributed by atoms with van der Waals surface area (Å²) in [5.74, 6) is -1.57. The van der Waals surface area contributed by atoms with Gasteiger partial charge in [0.25, 0.3) is 10.0 Å². The second-order valence-corrected chi connectivity index (χ2v) is 8.44. The molecule has 8 nitrogen and oxygen atoms in total. The third-order valence-corrected chi connectivity index (χ3v) is 5.95. The second kappa shape index (κ2) is 8.04. The molecule has 0 spiro atoms. The molecule has 9 heteroatoms. The lowest BCUT2D eigenvalue weighted by atomic mass is 10.1. The summed E-state index contributed by atoms with van der Waals surface area (Å²) in [6, 6.07) is 19.1. The molecule has 0 saturated heterocycles. The first-order chi connectivity index (χ1) is 14.8. The van der Waals surface area contributed by atoms with Crippen molar-refractivity contribution in [1.82, 2.24) is 9.97 Å². The number of benzene rings is 3. The Balaban J connectivity index is 1.77. The van der Waals surface area contributed by atoms with Crippen LogP contribution >= 0.6 is 0 Å². The first-order valence-corrected chi connectivity index (χ1v) is 10.7. The molecular formula is C22H17N3O5S. The fourth-order valence-corrected chi connectivity index (χ4v) is 4.14. The Kier molecular flexibility index (Phi) is 5.26. The van der Waals surface area contributed by atoms with Crippen molar-refractivity contribution in [2.24, 2.45) is 0 Å². The van der Waals surface area contributed by atoms with Crippen molar-refractivity contribution in [3.8, 4) is 5.75 Å². The number of sulfonamides is 1. The maximum atomic E-state index is 12.8. The number of rotatable bonds is 6. The SMILES string of the molecule is O=C(O)c1ccc(Cc2nc3ccccc3nc2NS(=O)(=O)c2ccccc2)cc1O. The molecule has 156 valence electrons. The molecule has 4 rings (SSSR count). The zero-order chi connectivity index (χ0) is 22.0. The van der Waals surface area contributed by atoms with Crippen molar-refractivity contribution < 1.29 is 23.4 Å². The molecule has 1 heterocycles. The number of carboxylic acid groups (broad SMARTS) is 1. The minimum atomic E-state index is -3.90. The normalized spacial score (nSPS) is 11.4. The first kappa shape index (κ1) is 20.3. The van der Waals surface area contributed by atoms with Crippen LogP contribution in [0.2, 0.25) is 0 Å². The third kappa shape index (κ3) is 4.31. The highest BCUT2D eigenvalue weighted by Crippen LogP contribution is 2.25. The lowest BCUT2D eigenvalue weighted by Crippen LogP contribution is -2.16. The van der Waals surface area contributed by atoms with Crippen molar-refractivity contribution in [3.63, 3.8) is 0 Å². The summed E-state index contributed by atoms with van der Waals surface area (Å²) >= 11 is 0. The fraction of sp³-hybridized carbons (Fsp3) is 0.0455. The van der Waals surface area contributed by atoms with Crippen molar-refractivity contribution in [1.29, 1.82) is 0 Å². The molecule has 0 bridgehead atoms. The van der Waals surface area contributed by atoms with Crippen molar-refractivity contribution in [2.75, 3.05) is 4.72 Å². The van der Waals surface area contributed by atoms with E-state index in [0.717, 1.165) is 0 Å². The van der Waals surface area contributed by atoms with Gasteiger partial charge in [-0.05, 0) is 42.0 Å². The zero-order valence-electron chi connectivity index (χ0n) is 16.1. The summed E-state index contributed by atoms with van der Waals surface area (Å²) in [4.78, 5) is 20.2. The highest BCUT2D eigenvalue weighted by atomic mass is 32.2. The standard InChI is InChI=1S/C22H17N3O5S/c26-20-13-14(10-11-16(20)22(27)28)12-19-21(24-18-9-5-4-8-17(18)23-19)25-31(29,30)15-6-2-1-3-7-15/h1-11,13,26H,12H2,(H,24,25)(H,27,28). The average Bonchev–Trinajstić information content (AvgIpc) is 2.74. The number of para-hydroxylation sites is 2. The number of carboxylic acids is 1. The predicted molar refractivity (Wildman–Crippen MR) is 115 cm³/mol. The molecule has 3 aromatic carbocycles. The van der Waals surface area contributed by atoms with E-state index >= 15 is 0 Å². The Labute approximate surface area is 177 Å². The van der Waals surface area contributed by atoms with Crippen molar-refractivity contribution in [3.05, 3.63) is 89.6 Å². The lowest BCUT2D eigenvalue weighted by Gasteiger charge is -2.13. The number of anilines is 1. The molecule has 0 aliphatic rings. The van der Waals surface area contributed by atoms with E-state index < -0.39 is 16.0 Å². The number of fused-ring (bicyclic) bond motifs is 1. The van der Waals surface area contributed by atoms with Gasteiger partial charge >= 0.3 is 5.97 Å². The Morgan fingerprint density at radius 3 is 2.19 bits per heavy atom. The number of hydrogen-bond donors (Lipinski definition) is 3. The molecule has 0 amide bonds. The van der Waals surface area contributed by atoms with Crippen LogP contribution in [0, 0.1) is 0 Å². The van der Waals surface area contributed by atoms with E-state index in [1.54, 1.807) is 42.5 Å². The zero-order valence-corrected chi connectivity index (χ0v) is 16.9. The highest BCUT2D eigenvalue weighted by Gasteiger charge is 2.19. The van der Waals surface area contributed by atoms with E-state index in [1.807, 2.05) is 0 Å². The molecule has 0 aliphatic heterocycles. The number of aromatic hydroxyl groups is 1. The molecule has 0 unspecified atom stereocenters. The molecule has 0 aliphatic carbocycles. The summed E-state index contributed by atoms with van der Waals surface area (Å²) in [6.45, 7) is 0. The van der Waals surface area contributed by atoms with Crippen LogP contribution in [0.3, 0.4) is 0 Å². The maximum absolute atomic E-state index is 12.8. The first-order valence-electron chi connectivity index (χ1n) is 9.22. The van der Waals surface area contributed by atoms with E-state index in [2.05, 4.69) is 14.7 Å². The summed E-state index contributed by atoms with van der Waals surface area (Å²) < 4.78 is 28.2. The van der Waals surface area contributed by atoms with E-state index in [9.17, 15) is 18.3 Å². The molecule has 3 N–H and O–H groups in total.